The van der Waals surface area contributed by atoms with Crippen molar-refractivity contribution in [1.82, 2.24) is 14.8 Å². The molecule has 28 heavy (non-hydrogen) atoms. The molecule has 1 amide bonds. The molecule has 0 spiro atoms. The molecule has 1 aromatic carbocycles. The molecular formula is C21H26FN3O3. The molecule has 3 heterocycles. The first-order valence-corrected chi connectivity index (χ1v) is 9.94. The number of oxazole rings is 1. The highest BCUT2D eigenvalue weighted by atomic mass is 19.1. The summed E-state index contributed by atoms with van der Waals surface area (Å²) in [6, 6.07) is 6.41. The summed E-state index contributed by atoms with van der Waals surface area (Å²) in [5.74, 6) is 1.51. The van der Waals surface area contributed by atoms with Gasteiger partial charge in [-0.05, 0) is 30.5 Å². The van der Waals surface area contributed by atoms with Crippen molar-refractivity contribution >= 4 is 5.91 Å². The molecule has 2 saturated heterocycles. The van der Waals surface area contributed by atoms with Crippen LogP contribution in [-0.2, 0) is 16.0 Å². The van der Waals surface area contributed by atoms with Gasteiger partial charge in [0.25, 0.3) is 0 Å². The number of ether oxygens (including phenoxy) is 1. The maximum absolute atomic E-state index is 13.0. The fourth-order valence-corrected chi connectivity index (χ4v) is 3.85. The molecule has 2 fully saturated rings. The molecule has 1 atom stereocenters. The van der Waals surface area contributed by atoms with E-state index >= 15 is 0 Å². The summed E-state index contributed by atoms with van der Waals surface area (Å²) in [6.45, 7) is 4.93. The van der Waals surface area contributed by atoms with Crippen LogP contribution in [0, 0.1) is 5.82 Å². The van der Waals surface area contributed by atoms with Crippen LogP contribution in [0.25, 0.3) is 0 Å². The normalized spacial score (nSPS) is 21.0. The molecule has 0 radical (unpaired) electrons. The lowest BCUT2D eigenvalue weighted by atomic mass is 9.98. The zero-order valence-electron chi connectivity index (χ0n) is 16.0. The van der Waals surface area contributed by atoms with Crippen molar-refractivity contribution in [2.75, 3.05) is 45.9 Å². The van der Waals surface area contributed by atoms with Crippen LogP contribution in [0.3, 0.4) is 0 Å². The topological polar surface area (TPSA) is 58.8 Å². The molecule has 0 aliphatic carbocycles. The van der Waals surface area contributed by atoms with Gasteiger partial charge in [-0.15, -0.1) is 0 Å². The number of piperidine rings is 1. The summed E-state index contributed by atoms with van der Waals surface area (Å²) in [4.78, 5) is 21.2. The van der Waals surface area contributed by atoms with E-state index in [1.165, 1.54) is 12.1 Å². The van der Waals surface area contributed by atoms with Gasteiger partial charge in [-0.3, -0.25) is 9.69 Å². The standard InChI is InChI=1S/C21H26FN3O3/c22-18-5-3-16(4-6-18)12-19-13-23-21(28-19)17-2-1-7-25(14-17)20(26)15-24-8-10-27-11-9-24/h3-6,13,17H,1-2,7-12,14-15H2/t17-/m0/s1. The Bertz CT molecular complexity index is 786. The molecule has 6 nitrogen and oxygen atoms in total. The van der Waals surface area contributed by atoms with Gasteiger partial charge in [0.15, 0.2) is 5.89 Å². The number of amides is 1. The third kappa shape index (κ3) is 4.77. The fraction of sp³-hybridized carbons (Fsp3) is 0.524. The molecule has 0 saturated carbocycles. The first-order chi connectivity index (χ1) is 13.7. The number of nitrogens with zero attached hydrogens (tertiary/aromatic N) is 3. The summed E-state index contributed by atoms with van der Waals surface area (Å²) in [5.41, 5.74) is 0.982. The molecule has 7 heteroatoms. The zero-order valence-corrected chi connectivity index (χ0v) is 16.0. The van der Waals surface area contributed by atoms with Crippen LogP contribution in [-0.4, -0.2) is 66.6 Å². The van der Waals surface area contributed by atoms with Crippen molar-refractivity contribution in [3.8, 4) is 0 Å². The van der Waals surface area contributed by atoms with Crippen LogP contribution in [0.5, 0.6) is 0 Å². The largest absolute Gasteiger partial charge is 0.445 e. The Morgan fingerprint density at radius 1 is 1.18 bits per heavy atom. The third-order valence-corrected chi connectivity index (χ3v) is 5.45. The molecular weight excluding hydrogens is 361 g/mol. The maximum Gasteiger partial charge on any atom is 0.236 e. The van der Waals surface area contributed by atoms with Crippen LogP contribution in [0.15, 0.2) is 34.9 Å². The molecule has 0 N–H and O–H groups in total. The summed E-state index contributed by atoms with van der Waals surface area (Å²) in [6.07, 6.45) is 4.25. The molecule has 2 aliphatic rings. The summed E-state index contributed by atoms with van der Waals surface area (Å²) < 4.78 is 24.4. The number of carbonyl (C=O) groups is 1. The van der Waals surface area contributed by atoms with Crippen molar-refractivity contribution in [3.63, 3.8) is 0 Å². The van der Waals surface area contributed by atoms with E-state index in [0.29, 0.717) is 38.6 Å². The molecule has 2 aromatic rings. The van der Waals surface area contributed by atoms with E-state index in [9.17, 15) is 9.18 Å². The monoisotopic (exact) mass is 387 g/mol. The van der Waals surface area contributed by atoms with Gasteiger partial charge in [-0.25, -0.2) is 9.37 Å². The number of morpholine rings is 1. The van der Waals surface area contributed by atoms with Crippen molar-refractivity contribution < 1.29 is 18.3 Å². The molecule has 4 rings (SSSR count). The van der Waals surface area contributed by atoms with Crippen LogP contribution >= 0.6 is 0 Å². The lowest BCUT2D eigenvalue weighted by Crippen LogP contribution is -2.47. The number of halogens is 1. The van der Waals surface area contributed by atoms with Gasteiger partial charge in [0, 0.05) is 32.6 Å². The van der Waals surface area contributed by atoms with Crippen LogP contribution in [0.2, 0.25) is 0 Å². The third-order valence-electron chi connectivity index (χ3n) is 5.45. The minimum Gasteiger partial charge on any atom is -0.445 e. The molecule has 0 unspecified atom stereocenters. The second-order valence-corrected chi connectivity index (χ2v) is 7.54. The Morgan fingerprint density at radius 3 is 2.75 bits per heavy atom. The van der Waals surface area contributed by atoms with E-state index < -0.39 is 0 Å². The van der Waals surface area contributed by atoms with E-state index in [4.69, 9.17) is 9.15 Å². The number of rotatable bonds is 5. The van der Waals surface area contributed by atoms with E-state index in [0.717, 1.165) is 43.8 Å². The highest BCUT2D eigenvalue weighted by Gasteiger charge is 2.28. The van der Waals surface area contributed by atoms with Crippen molar-refractivity contribution in [2.45, 2.75) is 25.2 Å². The Kier molecular flexibility index (Phi) is 6.02. The smallest absolute Gasteiger partial charge is 0.236 e. The summed E-state index contributed by atoms with van der Waals surface area (Å²) in [7, 11) is 0. The minimum atomic E-state index is -0.244. The Labute approximate surface area is 164 Å². The SMILES string of the molecule is O=C(CN1CCOCC1)N1CCC[C@H](c2ncc(Cc3ccc(F)cc3)o2)C1. The first kappa shape index (κ1) is 19.1. The van der Waals surface area contributed by atoms with Gasteiger partial charge in [-0.2, -0.15) is 0 Å². The number of likely N-dealkylation sites (tertiary alicyclic amines) is 1. The van der Waals surface area contributed by atoms with E-state index in [-0.39, 0.29) is 17.6 Å². The number of benzene rings is 1. The van der Waals surface area contributed by atoms with Crippen LogP contribution in [0.1, 0.15) is 36.0 Å². The lowest BCUT2D eigenvalue weighted by Gasteiger charge is -2.34. The van der Waals surface area contributed by atoms with Gasteiger partial charge in [0.05, 0.1) is 31.9 Å². The zero-order chi connectivity index (χ0) is 19.3. The average Bonchev–Trinajstić information content (AvgIpc) is 3.19. The second-order valence-electron chi connectivity index (χ2n) is 7.54. The fourth-order valence-electron chi connectivity index (χ4n) is 3.85. The highest BCUT2D eigenvalue weighted by molar-refractivity contribution is 5.78. The number of hydrogen-bond acceptors (Lipinski definition) is 5. The van der Waals surface area contributed by atoms with E-state index in [2.05, 4.69) is 9.88 Å². The number of carbonyl (C=O) groups excluding carboxylic acids is 1. The summed E-state index contributed by atoms with van der Waals surface area (Å²) in [5, 5.41) is 0. The van der Waals surface area contributed by atoms with Gasteiger partial charge in [-0.1, -0.05) is 12.1 Å². The van der Waals surface area contributed by atoms with Crippen molar-refractivity contribution in [1.29, 1.82) is 0 Å². The van der Waals surface area contributed by atoms with Gasteiger partial charge in [0.2, 0.25) is 5.91 Å². The van der Waals surface area contributed by atoms with Gasteiger partial charge < -0.3 is 14.1 Å². The first-order valence-electron chi connectivity index (χ1n) is 9.94. The Balaban J connectivity index is 1.34. The van der Waals surface area contributed by atoms with Crippen LogP contribution in [0.4, 0.5) is 4.39 Å². The number of hydrogen-bond donors (Lipinski definition) is 0. The Hall–Kier alpha value is -2.25. The molecule has 2 aliphatic heterocycles. The molecule has 0 bridgehead atoms. The number of aromatic nitrogens is 1. The lowest BCUT2D eigenvalue weighted by molar-refractivity contribution is -0.134. The average molecular weight is 387 g/mol. The van der Waals surface area contributed by atoms with Gasteiger partial charge in [0.1, 0.15) is 11.6 Å². The molecule has 150 valence electrons. The minimum absolute atomic E-state index is 0.129. The van der Waals surface area contributed by atoms with Crippen molar-refractivity contribution in [3.05, 3.63) is 53.5 Å². The molecule has 1 aromatic heterocycles. The quantitative estimate of drug-likeness (QED) is 0.789. The van der Waals surface area contributed by atoms with Crippen LogP contribution < -0.4 is 0 Å². The second kappa shape index (κ2) is 8.84. The van der Waals surface area contributed by atoms with Gasteiger partial charge >= 0.3 is 0 Å². The van der Waals surface area contributed by atoms with E-state index in [1.807, 2.05) is 4.90 Å². The predicted octanol–water partition coefficient (Wildman–Crippen LogP) is 2.44. The van der Waals surface area contributed by atoms with E-state index in [1.54, 1.807) is 18.3 Å². The maximum atomic E-state index is 13.0. The summed E-state index contributed by atoms with van der Waals surface area (Å²) >= 11 is 0. The predicted molar refractivity (Wildman–Crippen MR) is 102 cm³/mol. The highest BCUT2D eigenvalue weighted by Crippen LogP contribution is 2.27. The van der Waals surface area contributed by atoms with Crippen molar-refractivity contribution in [2.24, 2.45) is 0 Å². The Morgan fingerprint density at radius 2 is 1.96 bits per heavy atom.